The van der Waals surface area contributed by atoms with Gasteiger partial charge in [0.2, 0.25) is 0 Å². The third-order valence-corrected chi connectivity index (χ3v) is 3.91. The first kappa shape index (κ1) is 18.1. The van der Waals surface area contributed by atoms with Crippen LogP contribution in [-0.4, -0.2) is 25.6 Å². The van der Waals surface area contributed by atoms with Gasteiger partial charge in [0.25, 0.3) is 5.91 Å². The van der Waals surface area contributed by atoms with Crippen LogP contribution >= 0.6 is 23.2 Å². The highest BCUT2D eigenvalue weighted by Gasteiger charge is 2.13. The molecule has 0 fully saturated rings. The van der Waals surface area contributed by atoms with Gasteiger partial charge in [0.05, 0.1) is 17.7 Å². The Bertz CT molecular complexity index is 777. The molecule has 0 spiro atoms. The molecule has 1 amide bonds. The van der Waals surface area contributed by atoms with Gasteiger partial charge in [0.1, 0.15) is 5.75 Å². The van der Waals surface area contributed by atoms with E-state index < -0.39 is 5.97 Å². The fourth-order valence-electron chi connectivity index (χ4n) is 1.92. The largest absolute Gasteiger partial charge is 0.484 e. The van der Waals surface area contributed by atoms with E-state index in [4.69, 9.17) is 27.9 Å². The van der Waals surface area contributed by atoms with E-state index in [0.29, 0.717) is 16.5 Å². The highest BCUT2D eigenvalue weighted by molar-refractivity contribution is 6.33. The first-order valence-corrected chi connectivity index (χ1v) is 7.73. The first-order valence-electron chi connectivity index (χ1n) is 6.97. The van der Waals surface area contributed by atoms with Crippen LogP contribution in [0.4, 0.5) is 5.69 Å². The Morgan fingerprint density at radius 1 is 1.08 bits per heavy atom. The summed E-state index contributed by atoms with van der Waals surface area (Å²) < 4.78 is 10.0. The molecule has 2 aromatic carbocycles. The molecule has 2 rings (SSSR count). The van der Waals surface area contributed by atoms with Crippen LogP contribution in [0.25, 0.3) is 0 Å². The monoisotopic (exact) mass is 367 g/mol. The van der Waals surface area contributed by atoms with Gasteiger partial charge in [0, 0.05) is 10.7 Å². The number of nitrogens with one attached hydrogen (secondary N) is 1. The van der Waals surface area contributed by atoms with E-state index in [1.165, 1.54) is 19.2 Å². The molecule has 0 saturated heterocycles. The number of ether oxygens (including phenoxy) is 2. The number of esters is 1. The fraction of sp³-hybridized carbons (Fsp3) is 0.176. The van der Waals surface area contributed by atoms with Gasteiger partial charge in [-0.25, -0.2) is 4.79 Å². The second kappa shape index (κ2) is 8.04. The topological polar surface area (TPSA) is 64.6 Å². The summed E-state index contributed by atoms with van der Waals surface area (Å²) >= 11 is 11.9. The lowest BCUT2D eigenvalue weighted by molar-refractivity contribution is -0.118. The smallest absolute Gasteiger partial charge is 0.339 e. The number of hydrogen-bond donors (Lipinski definition) is 1. The van der Waals surface area contributed by atoms with E-state index in [0.717, 1.165) is 5.56 Å². The van der Waals surface area contributed by atoms with E-state index >= 15 is 0 Å². The van der Waals surface area contributed by atoms with Crippen molar-refractivity contribution in [2.75, 3.05) is 19.0 Å². The summed E-state index contributed by atoms with van der Waals surface area (Å²) in [7, 11) is 1.26. The predicted octanol–water partition coefficient (Wildman–Crippen LogP) is 4.11. The number of rotatable bonds is 5. The quantitative estimate of drug-likeness (QED) is 0.807. The van der Waals surface area contributed by atoms with Crippen molar-refractivity contribution >= 4 is 40.8 Å². The molecule has 24 heavy (non-hydrogen) atoms. The highest BCUT2D eigenvalue weighted by Crippen LogP contribution is 2.22. The zero-order valence-electron chi connectivity index (χ0n) is 13.1. The molecule has 7 heteroatoms. The molecule has 0 radical (unpaired) electrons. The Hall–Kier alpha value is -2.24. The molecule has 0 unspecified atom stereocenters. The molecule has 2 aromatic rings. The maximum atomic E-state index is 12.0. The lowest BCUT2D eigenvalue weighted by Crippen LogP contribution is -2.20. The molecule has 0 bridgehead atoms. The van der Waals surface area contributed by atoms with Crippen LogP contribution in [0.15, 0.2) is 36.4 Å². The van der Waals surface area contributed by atoms with Gasteiger partial charge < -0.3 is 14.8 Å². The molecule has 5 nitrogen and oxygen atoms in total. The Kier molecular flexibility index (Phi) is 6.06. The SMILES string of the molecule is COC(=O)c1cc(NC(=O)COc2ccc(Cl)c(C)c2)ccc1Cl. The lowest BCUT2D eigenvalue weighted by atomic mass is 10.2. The van der Waals surface area contributed by atoms with Crippen molar-refractivity contribution in [3.8, 4) is 5.75 Å². The molecule has 0 aliphatic heterocycles. The number of aryl methyl sites for hydroxylation is 1. The summed E-state index contributed by atoms with van der Waals surface area (Å²) in [6, 6.07) is 9.66. The number of hydrogen-bond acceptors (Lipinski definition) is 4. The molecule has 0 atom stereocenters. The van der Waals surface area contributed by atoms with Crippen molar-refractivity contribution in [1.82, 2.24) is 0 Å². The second-order valence-corrected chi connectivity index (χ2v) is 5.75. The predicted molar refractivity (Wildman–Crippen MR) is 93.1 cm³/mol. The van der Waals surface area contributed by atoms with E-state index in [1.54, 1.807) is 24.3 Å². The van der Waals surface area contributed by atoms with Crippen LogP contribution in [0.5, 0.6) is 5.75 Å². The van der Waals surface area contributed by atoms with Crippen molar-refractivity contribution in [3.63, 3.8) is 0 Å². The molecule has 0 aliphatic carbocycles. The average molecular weight is 368 g/mol. The molecule has 0 saturated carbocycles. The van der Waals surface area contributed by atoms with Crippen molar-refractivity contribution in [2.45, 2.75) is 6.92 Å². The number of anilines is 1. The van der Waals surface area contributed by atoms with Gasteiger partial charge in [-0.1, -0.05) is 23.2 Å². The Labute approximate surface area is 149 Å². The van der Waals surface area contributed by atoms with E-state index in [1.807, 2.05) is 6.92 Å². The van der Waals surface area contributed by atoms with E-state index in [-0.39, 0.29) is 23.1 Å². The maximum absolute atomic E-state index is 12.0. The zero-order valence-corrected chi connectivity index (χ0v) is 14.6. The maximum Gasteiger partial charge on any atom is 0.339 e. The van der Waals surface area contributed by atoms with Gasteiger partial charge >= 0.3 is 5.97 Å². The van der Waals surface area contributed by atoms with Gasteiger partial charge in [-0.3, -0.25) is 4.79 Å². The highest BCUT2D eigenvalue weighted by atomic mass is 35.5. The summed E-state index contributed by atoms with van der Waals surface area (Å²) in [5, 5.41) is 3.50. The van der Waals surface area contributed by atoms with E-state index in [2.05, 4.69) is 10.1 Å². The Balaban J connectivity index is 1.99. The van der Waals surface area contributed by atoms with Gasteiger partial charge in [-0.05, 0) is 48.9 Å². The molecule has 0 heterocycles. The standard InChI is InChI=1S/C17H15Cl2NO4/c1-10-7-12(4-6-14(10)18)24-9-16(21)20-11-3-5-15(19)13(8-11)17(22)23-2/h3-8H,9H2,1-2H3,(H,20,21). The second-order valence-electron chi connectivity index (χ2n) is 4.93. The van der Waals surface area contributed by atoms with Gasteiger partial charge in [-0.15, -0.1) is 0 Å². The van der Waals surface area contributed by atoms with Crippen molar-refractivity contribution < 1.29 is 19.1 Å². The third-order valence-electron chi connectivity index (χ3n) is 3.15. The normalized spacial score (nSPS) is 10.2. The Morgan fingerprint density at radius 2 is 1.79 bits per heavy atom. The van der Waals surface area contributed by atoms with Crippen LogP contribution in [0.3, 0.4) is 0 Å². The van der Waals surface area contributed by atoms with Crippen LogP contribution < -0.4 is 10.1 Å². The van der Waals surface area contributed by atoms with Gasteiger partial charge in [-0.2, -0.15) is 0 Å². The van der Waals surface area contributed by atoms with Crippen molar-refractivity contribution in [2.24, 2.45) is 0 Å². The summed E-state index contributed by atoms with van der Waals surface area (Å²) in [4.78, 5) is 23.5. The molecule has 0 aliphatic rings. The summed E-state index contributed by atoms with van der Waals surface area (Å²) in [5.41, 5.74) is 1.45. The summed E-state index contributed by atoms with van der Waals surface area (Å²) in [5.74, 6) is -0.414. The Morgan fingerprint density at radius 3 is 2.46 bits per heavy atom. The number of halogens is 2. The van der Waals surface area contributed by atoms with Crippen LogP contribution in [0.1, 0.15) is 15.9 Å². The molecule has 126 valence electrons. The molecule has 1 N–H and O–H groups in total. The average Bonchev–Trinajstić information content (AvgIpc) is 2.57. The van der Waals surface area contributed by atoms with E-state index in [9.17, 15) is 9.59 Å². The minimum atomic E-state index is -0.580. The molecular formula is C17H15Cl2NO4. The zero-order chi connectivity index (χ0) is 17.7. The van der Waals surface area contributed by atoms with Crippen LogP contribution in [0, 0.1) is 6.92 Å². The van der Waals surface area contributed by atoms with Crippen molar-refractivity contribution in [1.29, 1.82) is 0 Å². The van der Waals surface area contributed by atoms with Gasteiger partial charge in [0.15, 0.2) is 6.61 Å². The molecular weight excluding hydrogens is 353 g/mol. The fourth-order valence-corrected chi connectivity index (χ4v) is 2.23. The minimum absolute atomic E-state index is 0.172. The summed E-state index contributed by atoms with van der Waals surface area (Å²) in [6.07, 6.45) is 0. The van der Waals surface area contributed by atoms with Crippen molar-refractivity contribution in [3.05, 3.63) is 57.6 Å². The number of amides is 1. The van der Waals surface area contributed by atoms with Crippen LogP contribution in [0.2, 0.25) is 10.0 Å². The number of carbonyl (C=O) groups excluding carboxylic acids is 2. The number of carbonyl (C=O) groups is 2. The third kappa shape index (κ3) is 4.63. The lowest BCUT2D eigenvalue weighted by Gasteiger charge is -2.10. The van der Waals surface area contributed by atoms with Crippen LogP contribution in [-0.2, 0) is 9.53 Å². The number of benzene rings is 2. The minimum Gasteiger partial charge on any atom is -0.484 e. The first-order chi connectivity index (χ1) is 11.4. The molecule has 0 aromatic heterocycles. The summed E-state index contributed by atoms with van der Waals surface area (Å²) in [6.45, 7) is 1.66. The number of methoxy groups -OCH3 is 1.